The Labute approximate surface area is 202 Å². The minimum absolute atomic E-state index is 0.342. The van der Waals surface area contributed by atoms with Gasteiger partial charge in [-0.2, -0.15) is 0 Å². The zero-order valence-corrected chi connectivity index (χ0v) is 22.3. The van der Waals surface area contributed by atoms with E-state index in [9.17, 15) is 4.79 Å². The van der Waals surface area contributed by atoms with Crippen LogP contribution in [0, 0.1) is 0 Å². The molecule has 0 aromatic heterocycles. The van der Waals surface area contributed by atoms with Gasteiger partial charge in [-0.3, -0.25) is 4.79 Å². The molecule has 0 saturated heterocycles. The van der Waals surface area contributed by atoms with Gasteiger partial charge in [0.15, 0.2) is 0 Å². The van der Waals surface area contributed by atoms with E-state index in [0.29, 0.717) is 6.42 Å². The van der Waals surface area contributed by atoms with Crippen molar-refractivity contribution in [2.24, 2.45) is 5.73 Å². The predicted octanol–water partition coefficient (Wildman–Crippen LogP) is 9.81. The second kappa shape index (κ2) is 32.6. The Morgan fingerprint density at radius 1 is 0.469 bits per heavy atom. The molecular weight excluding hydrogens is 394 g/mol. The van der Waals surface area contributed by atoms with Gasteiger partial charge in [0.1, 0.15) is 0 Å². The smallest absolute Gasteiger partial charge is 0.303 e. The van der Waals surface area contributed by atoms with Gasteiger partial charge in [0, 0.05) is 6.42 Å². The van der Waals surface area contributed by atoms with E-state index in [1.165, 1.54) is 141 Å². The van der Waals surface area contributed by atoms with Crippen LogP contribution in [0.1, 0.15) is 174 Å². The molecule has 0 aromatic rings. The number of rotatable bonds is 25. The van der Waals surface area contributed by atoms with E-state index in [2.05, 4.69) is 13.8 Å². The summed E-state index contributed by atoms with van der Waals surface area (Å²) in [6, 6.07) is 0. The monoisotopic (exact) mass is 455 g/mol. The first-order valence-electron chi connectivity index (χ1n) is 14.6. The molecule has 3 N–H and O–H groups in total. The zero-order chi connectivity index (χ0) is 24.0. The summed E-state index contributed by atoms with van der Waals surface area (Å²) in [5.41, 5.74) is 5.48. The molecule has 0 heterocycles. The molecule has 32 heavy (non-hydrogen) atoms. The van der Waals surface area contributed by atoms with E-state index in [4.69, 9.17) is 10.8 Å². The second-order valence-corrected chi connectivity index (χ2v) is 9.71. The van der Waals surface area contributed by atoms with Crippen molar-refractivity contribution in [1.29, 1.82) is 0 Å². The summed E-state index contributed by atoms with van der Waals surface area (Å²) in [4.78, 5) is 10.2. The highest BCUT2D eigenvalue weighted by atomic mass is 16.4. The molecule has 0 aliphatic carbocycles. The number of nitrogens with two attached hydrogens (primary N) is 1. The molecule has 0 spiro atoms. The topological polar surface area (TPSA) is 63.3 Å². The molecule has 0 aliphatic rings. The van der Waals surface area contributed by atoms with Gasteiger partial charge < -0.3 is 10.8 Å². The van der Waals surface area contributed by atoms with Gasteiger partial charge in [-0.15, -0.1) is 0 Å². The maximum Gasteiger partial charge on any atom is 0.303 e. The van der Waals surface area contributed by atoms with Crippen molar-refractivity contribution in [3.63, 3.8) is 0 Å². The molecule has 0 radical (unpaired) electrons. The highest BCUT2D eigenvalue weighted by Crippen LogP contribution is 2.13. The Balaban J connectivity index is 0. The summed E-state index contributed by atoms with van der Waals surface area (Å²) in [5, 5.41) is 8.39. The molecule has 0 saturated carbocycles. The standard InChI is InChI=1S/C18H39N.C11H22O2/c1-2-3-4-5-6-7-8-9-10-11-12-13-14-15-16-17-18-19;1-2-3-4-5-6-7-8-9-10-11(12)13/h2-19H2,1H3;2-10H2,1H3,(H,12,13). The summed E-state index contributed by atoms with van der Waals surface area (Å²) in [6.45, 7) is 5.38. The highest BCUT2D eigenvalue weighted by Gasteiger charge is 1.96. The number of carboxylic acid groups (broad SMARTS) is 1. The van der Waals surface area contributed by atoms with Crippen molar-refractivity contribution in [2.45, 2.75) is 174 Å². The molecule has 0 rings (SSSR count). The normalized spacial score (nSPS) is 10.7. The van der Waals surface area contributed by atoms with Crippen molar-refractivity contribution in [2.75, 3.05) is 6.54 Å². The fourth-order valence-electron chi connectivity index (χ4n) is 4.10. The Hall–Kier alpha value is -0.570. The number of hydrogen-bond donors (Lipinski definition) is 2. The SMILES string of the molecule is CCCCCCCCCCC(=O)O.CCCCCCCCCCCCCCCCCCN. The van der Waals surface area contributed by atoms with Crippen LogP contribution in [-0.2, 0) is 4.79 Å². The number of hydrogen-bond acceptors (Lipinski definition) is 2. The zero-order valence-electron chi connectivity index (χ0n) is 22.3. The van der Waals surface area contributed by atoms with Crippen molar-refractivity contribution in [3.05, 3.63) is 0 Å². The average Bonchev–Trinajstić information content (AvgIpc) is 2.78. The van der Waals surface area contributed by atoms with E-state index in [1.54, 1.807) is 0 Å². The summed E-state index contributed by atoms with van der Waals surface area (Å²) in [5.74, 6) is -0.661. The largest absolute Gasteiger partial charge is 0.481 e. The molecule has 0 atom stereocenters. The van der Waals surface area contributed by atoms with Crippen LogP contribution in [0.2, 0.25) is 0 Å². The summed E-state index contributed by atoms with van der Waals surface area (Å²) in [7, 11) is 0. The van der Waals surface area contributed by atoms with Crippen LogP contribution in [0.3, 0.4) is 0 Å². The van der Waals surface area contributed by atoms with Crippen LogP contribution in [0.15, 0.2) is 0 Å². The average molecular weight is 456 g/mol. The van der Waals surface area contributed by atoms with Gasteiger partial charge in [-0.25, -0.2) is 0 Å². The molecule has 3 heteroatoms. The van der Waals surface area contributed by atoms with Crippen molar-refractivity contribution in [3.8, 4) is 0 Å². The van der Waals surface area contributed by atoms with Crippen molar-refractivity contribution < 1.29 is 9.90 Å². The summed E-state index contributed by atoms with van der Waals surface area (Å²) >= 11 is 0. The van der Waals surface area contributed by atoms with Gasteiger partial charge in [0.05, 0.1) is 0 Å². The molecule has 0 aliphatic heterocycles. The minimum atomic E-state index is -0.661. The third-order valence-corrected chi connectivity index (χ3v) is 6.30. The van der Waals surface area contributed by atoms with E-state index < -0.39 is 5.97 Å². The van der Waals surface area contributed by atoms with Crippen LogP contribution in [0.4, 0.5) is 0 Å². The van der Waals surface area contributed by atoms with Gasteiger partial charge in [0.25, 0.3) is 0 Å². The molecule has 0 fully saturated rings. The molecule has 0 unspecified atom stereocenters. The van der Waals surface area contributed by atoms with Crippen LogP contribution in [0.25, 0.3) is 0 Å². The predicted molar refractivity (Wildman–Crippen MR) is 143 cm³/mol. The first kappa shape index (κ1) is 33.6. The second-order valence-electron chi connectivity index (χ2n) is 9.71. The van der Waals surface area contributed by atoms with E-state index in [0.717, 1.165) is 19.4 Å². The fraction of sp³-hybridized carbons (Fsp3) is 0.966. The fourth-order valence-corrected chi connectivity index (χ4v) is 4.10. The molecule has 0 aromatic carbocycles. The maximum atomic E-state index is 10.2. The lowest BCUT2D eigenvalue weighted by Gasteiger charge is -2.03. The lowest BCUT2D eigenvalue weighted by atomic mass is 10.0. The van der Waals surface area contributed by atoms with Crippen molar-refractivity contribution in [1.82, 2.24) is 0 Å². The lowest BCUT2D eigenvalue weighted by Crippen LogP contribution is -1.97. The number of carboxylic acids is 1. The Bertz CT molecular complexity index is 317. The maximum absolute atomic E-state index is 10.2. The van der Waals surface area contributed by atoms with Crippen LogP contribution >= 0.6 is 0 Å². The Morgan fingerprint density at radius 2 is 0.719 bits per heavy atom. The molecular formula is C29H61NO2. The number of unbranched alkanes of at least 4 members (excludes halogenated alkanes) is 22. The first-order valence-corrected chi connectivity index (χ1v) is 14.6. The number of aliphatic carboxylic acids is 1. The van der Waals surface area contributed by atoms with Gasteiger partial charge in [-0.05, 0) is 19.4 Å². The summed E-state index contributed by atoms with van der Waals surface area (Å²) in [6.07, 6.45) is 32.9. The molecule has 0 amide bonds. The third kappa shape index (κ3) is 36.8. The highest BCUT2D eigenvalue weighted by molar-refractivity contribution is 5.66. The first-order chi connectivity index (χ1) is 15.7. The van der Waals surface area contributed by atoms with E-state index in [-0.39, 0.29) is 0 Å². The van der Waals surface area contributed by atoms with Gasteiger partial charge in [-0.1, -0.05) is 155 Å². The molecule has 194 valence electrons. The molecule has 3 nitrogen and oxygen atoms in total. The van der Waals surface area contributed by atoms with E-state index >= 15 is 0 Å². The van der Waals surface area contributed by atoms with Gasteiger partial charge in [0.2, 0.25) is 0 Å². The van der Waals surface area contributed by atoms with Crippen LogP contribution < -0.4 is 5.73 Å². The summed E-state index contributed by atoms with van der Waals surface area (Å²) < 4.78 is 0. The van der Waals surface area contributed by atoms with E-state index in [1.807, 2.05) is 0 Å². The third-order valence-electron chi connectivity index (χ3n) is 6.30. The Kier molecular flexibility index (Phi) is 34.2. The molecule has 0 bridgehead atoms. The Morgan fingerprint density at radius 3 is 0.969 bits per heavy atom. The van der Waals surface area contributed by atoms with Gasteiger partial charge >= 0.3 is 5.97 Å². The lowest BCUT2D eigenvalue weighted by molar-refractivity contribution is -0.137. The van der Waals surface area contributed by atoms with Crippen molar-refractivity contribution >= 4 is 5.97 Å². The quantitative estimate of drug-likeness (QED) is 0.135. The minimum Gasteiger partial charge on any atom is -0.481 e. The van der Waals surface area contributed by atoms with Crippen LogP contribution in [0.5, 0.6) is 0 Å². The number of carbonyl (C=O) groups is 1. The van der Waals surface area contributed by atoms with Crippen LogP contribution in [-0.4, -0.2) is 17.6 Å².